The van der Waals surface area contributed by atoms with Crippen molar-refractivity contribution < 1.29 is 15.6 Å². The molecular formula is C11H19O4Sb. The van der Waals surface area contributed by atoms with Crippen LogP contribution in [0.4, 0.5) is 0 Å². The summed E-state index contributed by atoms with van der Waals surface area (Å²) in [4.78, 5) is 27.9. The molecule has 0 aliphatic rings. The first-order valence-electron chi connectivity index (χ1n) is 4.73. The minimum absolute atomic E-state index is 0.287. The summed E-state index contributed by atoms with van der Waals surface area (Å²) >= 11 is -4.07. The van der Waals surface area contributed by atoms with Crippen molar-refractivity contribution in [3.63, 3.8) is 0 Å². The third kappa shape index (κ3) is 5.36. The third-order valence-electron chi connectivity index (χ3n) is 1.49. The molecule has 0 heterocycles. The Morgan fingerprint density at radius 2 is 1.12 bits per heavy atom. The Bertz CT molecular complexity index is 328. The van der Waals surface area contributed by atoms with Crippen molar-refractivity contribution in [1.82, 2.24) is 0 Å². The molecule has 0 bridgehead atoms. The summed E-state index contributed by atoms with van der Waals surface area (Å²) in [5.74, 6) is -1.05. The Morgan fingerprint density at radius 3 is 1.31 bits per heavy atom. The summed E-state index contributed by atoms with van der Waals surface area (Å²) in [6, 6.07) is 0. The number of hydrogen-bond donors (Lipinski definition) is 0. The first kappa shape index (κ1) is 15.2. The summed E-state index contributed by atoms with van der Waals surface area (Å²) in [5.41, 5.74) is 0.574. The Morgan fingerprint density at radius 1 is 0.875 bits per heavy atom. The van der Waals surface area contributed by atoms with Crippen molar-refractivity contribution >= 4 is 30.2 Å². The van der Waals surface area contributed by atoms with Gasteiger partial charge in [0.05, 0.1) is 0 Å². The second-order valence-electron chi connectivity index (χ2n) is 4.83. The Kier molecular flexibility index (Phi) is 4.40. The topological polar surface area (TPSA) is 52.6 Å². The van der Waals surface area contributed by atoms with Gasteiger partial charge >= 0.3 is 98.6 Å². The van der Waals surface area contributed by atoms with Crippen LogP contribution >= 0.6 is 0 Å². The van der Waals surface area contributed by atoms with Crippen LogP contribution in [-0.2, 0) is 15.6 Å². The van der Waals surface area contributed by atoms with Gasteiger partial charge in [0.25, 0.3) is 0 Å². The second kappa shape index (κ2) is 4.62. The van der Waals surface area contributed by atoms with E-state index in [1.807, 2.05) is 0 Å². The van der Waals surface area contributed by atoms with E-state index < -0.39 is 30.2 Å². The monoisotopic (exact) mass is 336 g/mol. The molecule has 0 aromatic rings. The minimum atomic E-state index is -4.07. The van der Waals surface area contributed by atoms with E-state index in [0.717, 1.165) is 0 Å². The summed E-state index contributed by atoms with van der Waals surface area (Å²) < 4.78 is 10.6. The zero-order valence-electron chi connectivity index (χ0n) is 10.5. The fraction of sp³-hybridized carbons (Fsp3) is 0.455. The summed E-state index contributed by atoms with van der Waals surface area (Å²) in [5, 5.41) is 0. The van der Waals surface area contributed by atoms with Crippen LogP contribution in [0.15, 0.2) is 24.3 Å². The zero-order valence-corrected chi connectivity index (χ0v) is 13.0. The first-order chi connectivity index (χ1) is 6.92. The molecule has 0 aliphatic heterocycles. The number of hydrogen-bond acceptors (Lipinski definition) is 4. The van der Waals surface area contributed by atoms with Gasteiger partial charge in [0.1, 0.15) is 0 Å². The van der Waals surface area contributed by atoms with Crippen LogP contribution in [0.1, 0.15) is 13.8 Å². The molecular weight excluding hydrogens is 318 g/mol. The van der Waals surface area contributed by atoms with Gasteiger partial charge in [-0.05, 0) is 0 Å². The van der Waals surface area contributed by atoms with Gasteiger partial charge in [-0.25, -0.2) is 0 Å². The van der Waals surface area contributed by atoms with Gasteiger partial charge in [0.15, 0.2) is 0 Å². The van der Waals surface area contributed by atoms with Crippen LogP contribution in [0.5, 0.6) is 0 Å². The van der Waals surface area contributed by atoms with Gasteiger partial charge in [0, 0.05) is 0 Å². The SMILES string of the molecule is C=C(C)C(=O)[O][Sb]([CH3])([CH3])([CH3])[O]C(=O)C(=C)C. The Hall–Kier alpha value is -0.762. The van der Waals surface area contributed by atoms with Crippen molar-refractivity contribution in [2.75, 3.05) is 0 Å². The van der Waals surface area contributed by atoms with Gasteiger partial charge in [-0.3, -0.25) is 0 Å². The molecule has 5 heteroatoms. The molecule has 16 heavy (non-hydrogen) atoms. The number of carbonyl (C=O) groups excluding carboxylic acids is 2. The molecule has 4 nitrogen and oxygen atoms in total. The van der Waals surface area contributed by atoms with Crippen molar-refractivity contribution in [2.45, 2.75) is 28.5 Å². The molecule has 0 amide bonds. The molecule has 0 fully saturated rings. The van der Waals surface area contributed by atoms with Gasteiger partial charge in [-0.1, -0.05) is 0 Å². The van der Waals surface area contributed by atoms with Gasteiger partial charge < -0.3 is 0 Å². The summed E-state index contributed by atoms with van der Waals surface area (Å²) in [7, 11) is 0. The van der Waals surface area contributed by atoms with E-state index in [9.17, 15) is 9.59 Å². The fourth-order valence-corrected chi connectivity index (χ4v) is 4.96. The molecule has 0 aromatic heterocycles. The van der Waals surface area contributed by atoms with E-state index >= 15 is 0 Å². The molecule has 0 spiro atoms. The average Bonchev–Trinajstić information content (AvgIpc) is 2.00. The second-order valence-corrected chi connectivity index (χ2v) is 20.2. The van der Waals surface area contributed by atoms with Gasteiger partial charge in [-0.15, -0.1) is 0 Å². The number of carbonyl (C=O) groups is 2. The van der Waals surface area contributed by atoms with Crippen molar-refractivity contribution in [1.29, 1.82) is 0 Å². The predicted molar refractivity (Wildman–Crippen MR) is 65.2 cm³/mol. The molecule has 0 aromatic carbocycles. The molecule has 0 unspecified atom stereocenters. The fourth-order valence-electron chi connectivity index (χ4n) is 0.740. The van der Waals surface area contributed by atoms with E-state index in [0.29, 0.717) is 0 Å². The molecule has 0 N–H and O–H groups in total. The van der Waals surface area contributed by atoms with Crippen LogP contribution in [0.2, 0.25) is 14.6 Å². The Labute approximate surface area is 98.5 Å². The maximum atomic E-state index is 11.4. The average molecular weight is 337 g/mol. The molecule has 0 saturated carbocycles. The van der Waals surface area contributed by atoms with E-state index in [4.69, 9.17) is 6.03 Å². The standard InChI is InChI=1S/2C4H6O2.3CH3.Sb/c2*1-3(2)4(5)6;;;;/h2*1H2,2H3,(H,5,6);3*1H3;/q;;;;;+2/p-2. The Balaban J connectivity index is 4.84. The predicted octanol–water partition coefficient (Wildman–Crippen LogP) is 2.51. The zero-order chi connectivity index (χ0) is 13.2. The third-order valence-corrected chi connectivity index (χ3v) is 5.98. The molecule has 0 saturated heterocycles. The van der Waals surface area contributed by atoms with Crippen molar-refractivity contribution in [3.8, 4) is 0 Å². The van der Waals surface area contributed by atoms with E-state index in [2.05, 4.69) is 13.2 Å². The van der Waals surface area contributed by atoms with Crippen LogP contribution in [0.3, 0.4) is 0 Å². The van der Waals surface area contributed by atoms with Gasteiger partial charge in [0.2, 0.25) is 0 Å². The number of rotatable bonds is 4. The normalized spacial score (nSPS) is 13.2. The first-order valence-corrected chi connectivity index (χ1v) is 14.5. The van der Waals surface area contributed by atoms with Crippen LogP contribution < -0.4 is 0 Å². The van der Waals surface area contributed by atoms with E-state index in [-0.39, 0.29) is 11.1 Å². The van der Waals surface area contributed by atoms with Crippen LogP contribution in [0, 0.1) is 0 Å². The van der Waals surface area contributed by atoms with Crippen LogP contribution in [0.25, 0.3) is 0 Å². The summed E-state index contributed by atoms with van der Waals surface area (Å²) in [6.07, 6.45) is 0. The molecule has 0 rings (SSSR count). The molecule has 0 atom stereocenters. The quantitative estimate of drug-likeness (QED) is 0.584. The van der Waals surface area contributed by atoms with E-state index in [1.54, 1.807) is 28.5 Å². The molecule has 0 aliphatic carbocycles. The van der Waals surface area contributed by atoms with E-state index in [1.165, 1.54) is 0 Å². The van der Waals surface area contributed by atoms with Crippen molar-refractivity contribution in [3.05, 3.63) is 24.3 Å². The summed E-state index contributed by atoms with van der Waals surface area (Å²) in [6.45, 7) is 10.1. The molecule has 0 radical (unpaired) electrons. The van der Waals surface area contributed by atoms with Crippen molar-refractivity contribution in [2.24, 2.45) is 0 Å². The maximum absolute atomic E-state index is 11.4. The van der Waals surface area contributed by atoms with Gasteiger partial charge in [-0.2, -0.15) is 0 Å². The molecule has 92 valence electrons. The van der Waals surface area contributed by atoms with Crippen LogP contribution in [-0.4, -0.2) is 30.2 Å².